The van der Waals surface area contributed by atoms with Crippen molar-refractivity contribution in [3.63, 3.8) is 0 Å². The Morgan fingerprint density at radius 1 is 1.42 bits per heavy atom. The van der Waals surface area contributed by atoms with Gasteiger partial charge in [0.2, 0.25) is 0 Å². The van der Waals surface area contributed by atoms with E-state index >= 15 is 0 Å². The highest BCUT2D eigenvalue weighted by atomic mass is 35.5. The summed E-state index contributed by atoms with van der Waals surface area (Å²) in [4.78, 5) is 17.1. The van der Waals surface area contributed by atoms with E-state index in [0.29, 0.717) is 16.6 Å². The Morgan fingerprint density at radius 3 is 2.79 bits per heavy atom. The summed E-state index contributed by atoms with van der Waals surface area (Å²) in [7, 11) is 2.12. The zero-order chi connectivity index (χ0) is 14.0. The van der Waals surface area contributed by atoms with E-state index < -0.39 is 0 Å². The third kappa shape index (κ3) is 3.35. The fourth-order valence-corrected chi connectivity index (χ4v) is 2.95. The monoisotopic (exact) mass is 280 g/mol. The SMILES string of the molecule is CC1CN(C)CCN1C(C)C(=O)c1cccc(Cl)c1. The minimum atomic E-state index is -0.0952. The lowest BCUT2D eigenvalue weighted by atomic mass is 10.0. The fraction of sp³-hybridized carbons (Fsp3) is 0.533. The molecule has 0 aromatic heterocycles. The quantitative estimate of drug-likeness (QED) is 0.795. The van der Waals surface area contributed by atoms with Crippen LogP contribution in [0, 0.1) is 0 Å². The molecular formula is C15H21ClN2O. The van der Waals surface area contributed by atoms with Gasteiger partial charge >= 0.3 is 0 Å². The van der Waals surface area contributed by atoms with Crippen LogP contribution >= 0.6 is 11.6 Å². The van der Waals surface area contributed by atoms with Crippen molar-refractivity contribution in [1.82, 2.24) is 9.80 Å². The number of likely N-dealkylation sites (N-methyl/N-ethyl adjacent to an activating group) is 1. The van der Waals surface area contributed by atoms with Crippen LogP contribution in [-0.4, -0.2) is 54.3 Å². The Hall–Kier alpha value is -0.900. The van der Waals surface area contributed by atoms with Gasteiger partial charge in [-0.15, -0.1) is 0 Å². The van der Waals surface area contributed by atoms with E-state index in [4.69, 9.17) is 11.6 Å². The third-order valence-electron chi connectivity index (χ3n) is 3.87. The second-order valence-corrected chi connectivity index (χ2v) is 5.84. The highest BCUT2D eigenvalue weighted by molar-refractivity contribution is 6.31. The van der Waals surface area contributed by atoms with Crippen molar-refractivity contribution in [1.29, 1.82) is 0 Å². The standard InChI is InChI=1S/C15H21ClN2O/c1-11-10-17(3)7-8-18(11)12(2)15(19)13-5-4-6-14(16)9-13/h4-6,9,11-12H,7-8,10H2,1-3H3. The Labute approximate surface area is 120 Å². The van der Waals surface area contributed by atoms with Gasteiger partial charge < -0.3 is 4.90 Å². The van der Waals surface area contributed by atoms with Crippen LogP contribution in [0.4, 0.5) is 0 Å². The zero-order valence-corrected chi connectivity index (χ0v) is 12.5. The van der Waals surface area contributed by atoms with Gasteiger partial charge in [0.15, 0.2) is 5.78 Å². The Bertz CT molecular complexity index is 463. The van der Waals surface area contributed by atoms with Gasteiger partial charge in [0.05, 0.1) is 6.04 Å². The number of nitrogens with zero attached hydrogens (tertiary/aromatic N) is 2. The predicted octanol–water partition coefficient (Wildman–Crippen LogP) is 2.55. The summed E-state index contributed by atoms with van der Waals surface area (Å²) in [6, 6.07) is 7.52. The molecule has 4 heteroatoms. The minimum absolute atomic E-state index is 0.0952. The van der Waals surface area contributed by atoms with E-state index in [1.807, 2.05) is 19.1 Å². The van der Waals surface area contributed by atoms with Crippen LogP contribution in [0.5, 0.6) is 0 Å². The number of benzene rings is 1. The number of hydrogen-bond acceptors (Lipinski definition) is 3. The molecule has 104 valence electrons. The first kappa shape index (κ1) is 14.5. The molecule has 0 spiro atoms. The van der Waals surface area contributed by atoms with Crippen LogP contribution in [-0.2, 0) is 0 Å². The second-order valence-electron chi connectivity index (χ2n) is 5.40. The number of halogens is 1. The van der Waals surface area contributed by atoms with Crippen molar-refractivity contribution < 1.29 is 4.79 Å². The Balaban J connectivity index is 2.11. The smallest absolute Gasteiger partial charge is 0.179 e. The number of carbonyl (C=O) groups excluding carboxylic acids is 1. The molecule has 1 heterocycles. The molecule has 0 aliphatic carbocycles. The average Bonchev–Trinajstić information content (AvgIpc) is 2.37. The molecule has 1 aromatic carbocycles. The summed E-state index contributed by atoms with van der Waals surface area (Å²) in [5, 5.41) is 0.615. The highest BCUT2D eigenvalue weighted by Crippen LogP contribution is 2.18. The maximum Gasteiger partial charge on any atom is 0.179 e. The summed E-state index contributed by atoms with van der Waals surface area (Å²) < 4.78 is 0. The number of piperazine rings is 1. The molecule has 1 fully saturated rings. The molecule has 0 N–H and O–H groups in total. The normalized spacial score (nSPS) is 23.3. The van der Waals surface area contributed by atoms with Crippen molar-refractivity contribution in [2.75, 3.05) is 26.7 Å². The second kappa shape index (κ2) is 6.04. The van der Waals surface area contributed by atoms with Crippen molar-refractivity contribution in [2.24, 2.45) is 0 Å². The zero-order valence-electron chi connectivity index (χ0n) is 11.8. The average molecular weight is 281 g/mol. The molecule has 2 unspecified atom stereocenters. The molecule has 2 atom stereocenters. The van der Waals surface area contributed by atoms with E-state index in [2.05, 4.69) is 23.8 Å². The van der Waals surface area contributed by atoms with Crippen molar-refractivity contribution >= 4 is 17.4 Å². The van der Waals surface area contributed by atoms with Crippen LogP contribution in [0.2, 0.25) is 5.02 Å². The van der Waals surface area contributed by atoms with E-state index in [1.165, 1.54) is 0 Å². The lowest BCUT2D eigenvalue weighted by Crippen LogP contribution is -2.55. The first-order chi connectivity index (χ1) is 8.99. The van der Waals surface area contributed by atoms with Crippen LogP contribution in [0.15, 0.2) is 24.3 Å². The van der Waals surface area contributed by atoms with Gasteiger partial charge in [-0.2, -0.15) is 0 Å². The van der Waals surface area contributed by atoms with Crippen LogP contribution in [0.25, 0.3) is 0 Å². The van der Waals surface area contributed by atoms with Gasteiger partial charge in [-0.1, -0.05) is 23.7 Å². The molecule has 19 heavy (non-hydrogen) atoms. The van der Waals surface area contributed by atoms with Crippen LogP contribution < -0.4 is 0 Å². The highest BCUT2D eigenvalue weighted by Gasteiger charge is 2.29. The lowest BCUT2D eigenvalue weighted by Gasteiger charge is -2.41. The number of rotatable bonds is 3. The van der Waals surface area contributed by atoms with E-state index in [1.54, 1.807) is 12.1 Å². The van der Waals surface area contributed by atoms with Crippen molar-refractivity contribution in [2.45, 2.75) is 25.9 Å². The Morgan fingerprint density at radius 2 is 2.16 bits per heavy atom. The molecule has 0 amide bonds. The van der Waals surface area contributed by atoms with Gasteiger partial charge in [-0.05, 0) is 33.0 Å². The minimum Gasteiger partial charge on any atom is -0.304 e. The first-order valence-electron chi connectivity index (χ1n) is 6.73. The molecule has 0 radical (unpaired) electrons. The molecule has 1 aliphatic heterocycles. The lowest BCUT2D eigenvalue weighted by molar-refractivity contribution is 0.0536. The van der Waals surface area contributed by atoms with Gasteiger partial charge in [0, 0.05) is 36.3 Å². The topological polar surface area (TPSA) is 23.6 Å². The molecule has 1 saturated heterocycles. The molecule has 0 bridgehead atoms. The maximum atomic E-state index is 12.5. The molecule has 2 rings (SSSR count). The van der Waals surface area contributed by atoms with Crippen molar-refractivity contribution in [3.8, 4) is 0 Å². The summed E-state index contributed by atoms with van der Waals surface area (Å²) in [5.41, 5.74) is 0.700. The van der Waals surface area contributed by atoms with E-state index in [9.17, 15) is 4.79 Å². The fourth-order valence-electron chi connectivity index (χ4n) is 2.76. The molecule has 1 aliphatic rings. The number of ketones is 1. The van der Waals surface area contributed by atoms with E-state index in [-0.39, 0.29) is 11.8 Å². The molecule has 0 saturated carbocycles. The van der Waals surface area contributed by atoms with Gasteiger partial charge in [-0.25, -0.2) is 0 Å². The number of Topliss-reactive ketones (excluding diaryl/α,β-unsaturated/α-hetero) is 1. The van der Waals surface area contributed by atoms with Crippen LogP contribution in [0.3, 0.4) is 0 Å². The van der Waals surface area contributed by atoms with Gasteiger partial charge in [0.25, 0.3) is 0 Å². The van der Waals surface area contributed by atoms with Gasteiger partial charge in [0.1, 0.15) is 0 Å². The summed E-state index contributed by atoms with van der Waals surface area (Å²) in [6.45, 7) is 7.12. The number of hydrogen-bond donors (Lipinski definition) is 0. The van der Waals surface area contributed by atoms with Crippen molar-refractivity contribution in [3.05, 3.63) is 34.9 Å². The predicted molar refractivity (Wildman–Crippen MR) is 78.9 cm³/mol. The summed E-state index contributed by atoms with van der Waals surface area (Å²) in [6.07, 6.45) is 0. The Kier molecular flexibility index (Phi) is 4.61. The summed E-state index contributed by atoms with van der Waals surface area (Å²) in [5.74, 6) is 0.152. The maximum absolute atomic E-state index is 12.5. The van der Waals surface area contributed by atoms with Gasteiger partial charge in [-0.3, -0.25) is 9.69 Å². The molecule has 1 aromatic rings. The third-order valence-corrected chi connectivity index (χ3v) is 4.10. The summed E-state index contributed by atoms with van der Waals surface area (Å²) >= 11 is 5.95. The molecular weight excluding hydrogens is 260 g/mol. The number of carbonyl (C=O) groups is 1. The van der Waals surface area contributed by atoms with E-state index in [0.717, 1.165) is 19.6 Å². The van der Waals surface area contributed by atoms with Crippen LogP contribution in [0.1, 0.15) is 24.2 Å². The first-order valence-corrected chi connectivity index (χ1v) is 7.11. The largest absolute Gasteiger partial charge is 0.304 e. The molecule has 3 nitrogen and oxygen atoms in total.